The second kappa shape index (κ2) is 22.2. The minimum Gasteiger partial charge on any atom is -0.306 e. The van der Waals surface area contributed by atoms with Gasteiger partial charge in [-0.25, -0.2) is 0 Å². The van der Waals surface area contributed by atoms with E-state index in [1.54, 1.807) is 0 Å². The van der Waals surface area contributed by atoms with Crippen molar-refractivity contribution in [3.05, 3.63) is 0 Å². The molecule has 1 atom stereocenters. The van der Waals surface area contributed by atoms with E-state index in [4.69, 9.17) is 0 Å². The SMILES string of the molecule is CC.CC.CCCCCCN(C)CCC(C)CC. The highest BCUT2D eigenvalue weighted by Crippen LogP contribution is 2.07. The molecule has 0 aliphatic carbocycles. The molecule has 0 N–H and O–H groups in total. The summed E-state index contributed by atoms with van der Waals surface area (Å²) in [5, 5.41) is 0. The van der Waals surface area contributed by atoms with Crippen molar-refractivity contribution in [2.45, 2.75) is 87.0 Å². The van der Waals surface area contributed by atoms with Crippen molar-refractivity contribution in [1.29, 1.82) is 0 Å². The Labute approximate surface area is 118 Å². The van der Waals surface area contributed by atoms with Gasteiger partial charge in [0.2, 0.25) is 0 Å². The summed E-state index contributed by atoms with van der Waals surface area (Å²) in [4.78, 5) is 2.49. The fourth-order valence-electron chi connectivity index (χ4n) is 1.57. The van der Waals surface area contributed by atoms with Crippen LogP contribution in [0.2, 0.25) is 0 Å². The first-order valence-electron chi connectivity index (χ1n) is 8.39. The molecule has 0 heterocycles. The Kier molecular flexibility index (Phi) is 28.4. The quantitative estimate of drug-likeness (QED) is 0.460. The lowest BCUT2D eigenvalue weighted by molar-refractivity contribution is 0.296. The number of nitrogens with zero attached hydrogens (tertiary/aromatic N) is 1. The van der Waals surface area contributed by atoms with Crippen LogP contribution in [0.1, 0.15) is 87.0 Å². The second-order valence-corrected chi connectivity index (χ2v) is 4.67. The van der Waals surface area contributed by atoms with E-state index < -0.39 is 0 Å². The summed E-state index contributed by atoms with van der Waals surface area (Å²) in [7, 11) is 2.26. The molecule has 114 valence electrons. The molecular weight excluding hydrogens is 218 g/mol. The van der Waals surface area contributed by atoms with E-state index in [1.165, 1.54) is 51.6 Å². The average Bonchev–Trinajstić information content (AvgIpc) is 2.45. The molecule has 18 heavy (non-hydrogen) atoms. The standard InChI is InChI=1S/C13H29N.2C2H6/c1-5-7-8-9-11-14(4)12-10-13(3)6-2;2*1-2/h13H,5-12H2,1-4H3;2*1-2H3. The largest absolute Gasteiger partial charge is 0.306 e. The average molecular weight is 260 g/mol. The molecule has 1 nitrogen and oxygen atoms in total. The molecule has 0 bridgehead atoms. The van der Waals surface area contributed by atoms with E-state index in [-0.39, 0.29) is 0 Å². The van der Waals surface area contributed by atoms with Crippen LogP contribution in [-0.4, -0.2) is 25.0 Å². The minimum atomic E-state index is 0.896. The van der Waals surface area contributed by atoms with Crippen LogP contribution in [0.25, 0.3) is 0 Å². The first kappa shape index (κ1) is 23.1. The van der Waals surface area contributed by atoms with Crippen molar-refractivity contribution in [2.75, 3.05) is 20.1 Å². The predicted molar refractivity (Wildman–Crippen MR) is 88.4 cm³/mol. The molecular formula is C17H41N. The summed E-state index contributed by atoms with van der Waals surface area (Å²) in [6.45, 7) is 17.5. The zero-order valence-corrected chi connectivity index (χ0v) is 14.7. The molecule has 0 fully saturated rings. The van der Waals surface area contributed by atoms with Crippen molar-refractivity contribution in [3.63, 3.8) is 0 Å². The van der Waals surface area contributed by atoms with E-state index in [9.17, 15) is 0 Å². The van der Waals surface area contributed by atoms with Gasteiger partial charge in [0.15, 0.2) is 0 Å². The van der Waals surface area contributed by atoms with Crippen molar-refractivity contribution < 1.29 is 0 Å². The van der Waals surface area contributed by atoms with Gasteiger partial charge in [0, 0.05) is 0 Å². The molecule has 0 aliphatic heterocycles. The molecule has 0 aromatic rings. The van der Waals surface area contributed by atoms with Gasteiger partial charge in [-0.15, -0.1) is 0 Å². The number of hydrogen-bond donors (Lipinski definition) is 0. The maximum atomic E-state index is 2.49. The third-order valence-corrected chi connectivity index (χ3v) is 3.09. The highest BCUT2D eigenvalue weighted by atomic mass is 15.1. The summed E-state index contributed by atoms with van der Waals surface area (Å²) in [6.07, 6.45) is 8.22. The highest BCUT2D eigenvalue weighted by molar-refractivity contribution is 4.56. The molecule has 0 amide bonds. The van der Waals surface area contributed by atoms with Gasteiger partial charge < -0.3 is 4.90 Å². The van der Waals surface area contributed by atoms with Gasteiger partial charge in [-0.2, -0.15) is 0 Å². The summed E-state index contributed by atoms with van der Waals surface area (Å²) >= 11 is 0. The first-order valence-corrected chi connectivity index (χ1v) is 8.39. The third kappa shape index (κ3) is 21.3. The third-order valence-electron chi connectivity index (χ3n) is 3.09. The van der Waals surface area contributed by atoms with Gasteiger partial charge in [-0.05, 0) is 38.9 Å². The van der Waals surface area contributed by atoms with Crippen LogP contribution in [0.15, 0.2) is 0 Å². The fourth-order valence-corrected chi connectivity index (χ4v) is 1.57. The van der Waals surface area contributed by atoms with Crippen LogP contribution in [-0.2, 0) is 0 Å². The molecule has 0 saturated heterocycles. The van der Waals surface area contributed by atoms with E-state index in [0.29, 0.717) is 0 Å². The van der Waals surface area contributed by atoms with E-state index in [2.05, 4.69) is 32.7 Å². The molecule has 0 radical (unpaired) electrons. The molecule has 0 aromatic heterocycles. The van der Waals surface area contributed by atoms with E-state index in [0.717, 1.165) is 5.92 Å². The van der Waals surface area contributed by atoms with Gasteiger partial charge >= 0.3 is 0 Å². The van der Waals surface area contributed by atoms with Gasteiger partial charge in [0.05, 0.1) is 0 Å². The second-order valence-electron chi connectivity index (χ2n) is 4.67. The monoisotopic (exact) mass is 259 g/mol. The molecule has 0 spiro atoms. The summed E-state index contributed by atoms with van der Waals surface area (Å²) in [5.41, 5.74) is 0. The van der Waals surface area contributed by atoms with Gasteiger partial charge in [-0.1, -0.05) is 74.1 Å². The van der Waals surface area contributed by atoms with Gasteiger partial charge in [-0.3, -0.25) is 0 Å². The highest BCUT2D eigenvalue weighted by Gasteiger charge is 2.02. The molecule has 0 aromatic carbocycles. The maximum Gasteiger partial charge on any atom is -0.00193 e. The summed E-state index contributed by atoms with van der Waals surface area (Å²) < 4.78 is 0. The fraction of sp³-hybridized carbons (Fsp3) is 1.00. The predicted octanol–water partition coefficient (Wildman–Crippen LogP) is 5.99. The van der Waals surface area contributed by atoms with Crippen LogP contribution in [0.5, 0.6) is 0 Å². The number of hydrogen-bond acceptors (Lipinski definition) is 1. The molecule has 0 rings (SSSR count). The Balaban J connectivity index is -0.000000506. The Morgan fingerprint density at radius 1 is 0.833 bits per heavy atom. The van der Waals surface area contributed by atoms with Crippen LogP contribution < -0.4 is 0 Å². The van der Waals surface area contributed by atoms with Crippen molar-refractivity contribution in [3.8, 4) is 0 Å². The molecule has 0 aliphatic rings. The Hall–Kier alpha value is -0.0400. The normalized spacial score (nSPS) is 11.2. The van der Waals surface area contributed by atoms with Gasteiger partial charge in [0.1, 0.15) is 0 Å². The first-order chi connectivity index (χ1) is 8.70. The van der Waals surface area contributed by atoms with Crippen molar-refractivity contribution in [1.82, 2.24) is 4.90 Å². The lowest BCUT2D eigenvalue weighted by Gasteiger charge is -2.18. The van der Waals surface area contributed by atoms with Gasteiger partial charge in [0.25, 0.3) is 0 Å². The maximum absolute atomic E-state index is 2.49. The molecule has 0 saturated carbocycles. The number of rotatable bonds is 9. The van der Waals surface area contributed by atoms with Crippen LogP contribution in [0.3, 0.4) is 0 Å². The van der Waals surface area contributed by atoms with Crippen LogP contribution in [0.4, 0.5) is 0 Å². The molecule has 1 heteroatoms. The Bertz CT molecular complexity index is 112. The lowest BCUT2D eigenvalue weighted by Crippen LogP contribution is -2.22. The summed E-state index contributed by atoms with van der Waals surface area (Å²) in [5.74, 6) is 0.896. The lowest BCUT2D eigenvalue weighted by atomic mass is 10.1. The zero-order valence-electron chi connectivity index (χ0n) is 14.7. The van der Waals surface area contributed by atoms with E-state index >= 15 is 0 Å². The van der Waals surface area contributed by atoms with Crippen molar-refractivity contribution in [2.24, 2.45) is 5.92 Å². The minimum absolute atomic E-state index is 0.896. The Morgan fingerprint density at radius 2 is 1.39 bits per heavy atom. The van der Waals surface area contributed by atoms with Crippen LogP contribution in [0, 0.1) is 5.92 Å². The number of unbranched alkanes of at least 4 members (excludes halogenated alkanes) is 3. The van der Waals surface area contributed by atoms with Crippen molar-refractivity contribution >= 4 is 0 Å². The van der Waals surface area contributed by atoms with E-state index in [1.807, 2.05) is 27.7 Å². The summed E-state index contributed by atoms with van der Waals surface area (Å²) in [6, 6.07) is 0. The molecule has 1 unspecified atom stereocenters. The Morgan fingerprint density at radius 3 is 1.83 bits per heavy atom. The smallest absolute Gasteiger partial charge is 0.00193 e. The zero-order chi connectivity index (χ0) is 14.8. The van der Waals surface area contributed by atoms with Crippen LogP contribution >= 0.6 is 0 Å². The topological polar surface area (TPSA) is 3.24 Å².